The number of piperidine rings is 1. The van der Waals surface area contributed by atoms with E-state index in [0.717, 1.165) is 24.1 Å². The minimum absolute atomic E-state index is 0.335. The van der Waals surface area contributed by atoms with Gasteiger partial charge in [-0.05, 0) is 41.9 Å². The van der Waals surface area contributed by atoms with Gasteiger partial charge in [-0.15, -0.1) is 0 Å². The van der Waals surface area contributed by atoms with Crippen molar-refractivity contribution in [3.63, 3.8) is 0 Å². The van der Waals surface area contributed by atoms with Gasteiger partial charge < -0.3 is 10.2 Å². The Morgan fingerprint density at radius 2 is 2.17 bits per heavy atom. The lowest BCUT2D eigenvalue weighted by molar-refractivity contribution is 0.0293. The van der Waals surface area contributed by atoms with Gasteiger partial charge in [0.1, 0.15) is 10.7 Å². The van der Waals surface area contributed by atoms with Crippen LogP contribution < -0.4 is 5.32 Å². The van der Waals surface area contributed by atoms with E-state index in [1.165, 1.54) is 12.8 Å². The molecule has 0 aromatic heterocycles. The maximum absolute atomic E-state index is 5.32. The molecule has 2 heterocycles. The summed E-state index contributed by atoms with van der Waals surface area (Å²) in [5.74, 6) is 0.699. The quantitative estimate of drug-likeness (QED) is 0.744. The zero-order valence-electron chi connectivity index (χ0n) is 6.92. The zero-order valence-corrected chi connectivity index (χ0v) is 8.51. The summed E-state index contributed by atoms with van der Waals surface area (Å²) in [6.07, 6.45) is 3.74. The third-order valence-electron chi connectivity index (χ3n) is 2.57. The summed E-state index contributed by atoms with van der Waals surface area (Å²) >= 11 is 3.35. The molecule has 2 aliphatic heterocycles. The van der Waals surface area contributed by atoms with Crippen LogP contribution >= 0.6 is 15.9 Å². The Labute approximate surface area is 80.7 Å². The minimum atomic E-state index is 0.335. The van der Waals surface area contributed by atoms with Gasteiger partial charge in [-0.1, -0.05) is 5.16 Å². The van der Waals surface area contributed by atoms with Crippen molar-refractivity contribution in [3.8, 4) is 0 Å². The van der Waals surface area contributed by atoms with Crippen LogP contribution in [0.15, 0.2) is 5.16 Å². The number of hydrogen-bond acceptors (Lipinski definition) is 3. The van der Waals surface area contributed by atoms with Gasteiger partial charge in [0.15, 0.2) is 0 Å². The van der Waals surface area contributed by atoms with Crippen molar-refractivity contribution in [2.24, 2.45) is 11.1 Å². The molecule has 4 heteroatoms. The van der Waals surface area contributed by atoms with E-state index in [-0.39, 0.29) is 0 Å². The molecule has 3 nitrogen and oxygen atoms in total. The van der Waals surface area contributed by atoms with Gasteiger partial charge in [0.25, 0.3) is 0 Å². The summed E-state index contributed by atoms with van der Waals surface area (Å²) < 4.78 is 0.964. The van der Waals surface area contributed by atoms with Crippen molar-refractivity contribution in [3.05, 3.63) is 0 Å². The maximum atomic E-state index is 5.32. The zero-order chi connectivity index (χ0) is 8.39. The molecule has 0 aromatic rings. The monoisotopic (exact) mass is 232 g/mol. The summed E-state index contributed by atoms with van der Waals surface area (Å²) in [5.41, 5.74) is 0. The van der Waals surface area contributed by atoms with Crippen LogP contribution in [0, 0.1) is 5.92 Å². The van der Waals surface area contributed by atoms with Gasteiger partial charge in [-0.3, -0.25) is 0 Å². The number of nitrogens with one attached hydrogen (secondary N) is 1. The summed E-state index contributed by atoms with van der Waals surface area (Å²) in [4.78, 5) is 5.32. The fourth-order valence-corrected chi connectivity index (χ4v) is 2.24. The molecule has 1 saturated heterocycles. The van der Waals surface area contributed by atoms with Crippen LogP contribution in [-0.2, 0) is 4.84 Å². The molecule has 2 rings (SSSR count). The SMILES string of the molecule is BrC1=NO[C@H](C2CCNCC2)C1. The van der Waals surface area contributed by atoms with E-state index in [1.54, 1.807) is 0 Å². The molecule has 0 aliphatic carbocycles. The second kappa shape index (κ2) is 3.75. The molecule has 0 amide bonds. The van der Waals surface area contributed by atoms with Crippen molar-refractivity contribution < 1.29 is 4.84 Å². The fraction of sp³-hybridized carbons (Fsp3) is 0.875. The highest BCUT2D eigenvalue weighted by molar-refractivity contribution is 9.18. The molecular formula is C8H13BrN2O. The Bertz CT molecular complexity index is 189. The van der Waals surface area contributed by atoms with Crippen LogP contribution in [0.4, 0.5) is 0 Å². The second-order valence-electron chi connectivity index (χ2n) is 3.40. The van der Waals surface area contributed by atoms with E-state index >= 15 is 0 Å². The number of nitrogens with zero attached hydrogens (tertiary/aromatic N) is 1. The van der Waals surface area contributed by atoms with Crippen molar-refractivity contribution in [1.82, 2.24) is 5.32 Å². The lowest BCUT2D eigenvalue weighted by atomic mass is 9.91. The van der Waals surface area contributed by atoms with Crippen molar-refractivity contribution in [2.45, 2.75) is 25.4 Å². The molecule has 0 bridgehead atoms. The molecule has 2 aliphatic rings. The molecule has 12 heavy (non-hydrogen) atoms. The number of oxime groups is 1. The van der Waals surface area contributed by atoms with Crippen LogP contribution in [0.5, 0.6) is 0 Å². The Morgan fingerprint density at radius 3 is 2.75 bits per heavy atom. The van der Waals surface area contributed by atoms with Crippen LogP contribution in [0.1, 0.15) is 19.3 Å². The van der Waals surface area contributed by atoms with Crippen molar-refractivity contribution in [1.29, 1.82) is 0 Å². The lowest BCUT2D eigenvalue weighted by Gasteiger charge is -2.25. The summed E-state index contributed by atoms with van der Waals surface area (Å²) in [6, 6.07) is 0. The highest BCUT2D eigenvalue weighted by atomic mass is 79.9. The van der Waals surface area contributed by atoms with Crippen molar-refractivity contribution >= 4 is 20.6 Å². The largest absolute Gasteiger partial charge is 0.391 e. The molecule has 0 unspecified atom stereocenters. The Kier molecular flexibility index (Phi) is 2.66. The van der Waals surface area contributed by atoms with Crippen LogP contribution in [0.25, 0.3) is 0 Å². The highest BCUT2D eigenvalue weighted by Crippen LogP contribution is 2.26. The molecule has 0 aromatic carbocycles. The molecule has 1 atom stereocenters. The number of halogens is 1. The highest BCUT2D eigenvalue weighted by Gasteiger charge is 2.29. The first-order chi connectivity index (χ1) is 5.86. The minimum Gasteiger partial charge on any atom is -0.391 e. The van der Waals surface area contributed by atoms with Crippen molar-refractivity contribution in [2.75, 3.05) is 13.1 Å². The van der Waals surface area contributed by atoms with Crippen LogP contribution in [-0.4, -0.2) is 23.8 Å². The van der Waals surface area contributed by atoms with E-state index < -0.39 is 0 Å². The van der Waals surface area contributed by atoms with E-state index in [9.17, 15) is 0 Å². The smallest absolute Gasteiger partial charge is 0.136 e. The molecule has 0 spiro atoms. The summed E-state index contributed by atoms with van der Waals surface area (Å²) in [7, 11) is 0. The maximum Gasteiger partial charge on any atom is 0.136 e. The Morgan fingerprint density at radius 1 is 1.42 bits per heavy atom. The van der Waals surface area contributed by atoms with Gasteiger partial charge in [0.05, 0.1) is 0 Å². The fourth-order valence-electron chi connectivity index (χ4n) is 1.83. The van der Waals surface area contributed by atoms with Crippen LogP contribution in [0.2, 0.25) is 0 Å². The molecule has 0 saturated carbocycles. The first kappa shape index (κ1) is 8.51. The average molecular weight is 233 g/mol. The Balaban J connectivity index is 1.85. The standard InChI is InChI=1S/C8H13BrN2O/c9-8-5-7(12-11-8)6-1-3-10-4-2-6/h6-7,10H,1-5H2/t7-/m0/s1. The van der Waals surface area contributed by atoms with Gasteiger partial charge in [-0.2, -0.15) is 0 Å². The van der Waals surface area contributed by atoms with E-state index in [4.69, 9.17) is 4.84 Å². The third kappa shape index (κ3) is 1.80. The first-order valence-electron chi connectivity index (χ1n) is 4.45. The molecule has 0 radical (unpaired) electrons. The number of hydrogen-bond donors (Lipinski definition) is 1. The van der Waals surface area contributed by atoms with Gasteiger partial charge in [0.2, 0.25) is 0 Å². The summed E-state index contributed by atoms with van der Waals surface area (Å²) in [6.45, 7) is 2.25. The van der Waals surface area contributed by atoms with Crippen LogP contribution in [0.3, 0.4) is 0 Å². The van der Waals surface area contributed by atoms with Gasteiger partial charge in [-0.25, -0.2) is 0 Å². The molecule has 1 N–H and O–H groups in total. The van der Waals surface area contributed by atoms with E-state index in [2.05, 4.69) is 26.4 Å². The van der Waals surface area contributed by atoms with E-state index in [1.807, 2.05) is 0 Å². The second-order valence-corrected chi connectivity index (χ2v) is 4.32. The van der Waals surface area contributed by atoms with E-state index in [0.29, 0.717) is 12.0 Å². The van der Waals surface area contributed by atoms with Gasteiger partial charge in [0, 0.05) is 12.3 Å². The average Bonchev–Trinajstić information content (AvgIpc) is 2.54. The summed E-state index contributed by atoms with van der Waals surface area (Å²) in [5, 5.41) is 7.25. The third-order valence-corrected chi connectivity index (χ3v) is 3.03. The predicted octanol–water partition coefficient (Wildman–Crippen LogP) is 1.48. The predicted molar refractivity (Wildman–Crippen MR) is 51.4 cm³/mol. The number of rotatable bonds is 1. The lowest BCUT2D eigenvalue weighted by Crippen LogP contribution is -2.34. The Hall–Kier alpha value is -0.0900. The topological polar surface area (TPSA) is 33.6 Å². The van der Waals surface area contributed by atoms with Gasteiger partial charge >= 0.3 is 0 Å². The first-order valence-corrected chi connectivity index (χ1v) is 5.24. The molecular weight excluding hydrogens is 220 g/mol. The molecule has 68 valence electrons. The normalized spacial score (nSPS) is 31.4. The molecule has 1 fully saturated rings.